The molecule has 0 saturated heterocycles. The highest BCUT2D eigenvalue weighted by atomic mass is 79.9. The minimum Gasteiger partial charge on any atom is -0.470 e. The topological polar surface area (TPSA) is 93.2 Å². The van der Waals surface area contributed by atoms with Crippen LogP contribution in [0, 0.1) is 0 Å². The second-order valence-electron chi connectivity index (χ2n) is 6.20. The predicted molar refractivity (Wildman–Crippen MR) is 107 cm³/mol. The Kier molecular flexibility index (Phi) is 7.38. The minimum atomic E-state index is -3.16. The molecule has 0 radical (unpaired) electrons. The molecule has 0 unspecified atom stereocenters. The van der Waals surface area contributed by atoms with Gasteiger partial charge in [0.25, 0.3) is 5.91 Å². The summed E-state index contributed by atoms with van der Waals surface area (Å²) in [7, 11) is 0. The molecule has 29 heavy (non-hydrogen) atoms. The van der Waals surface area contributed by atoms with Gasteiger partial charge in [0, 0.05) is 31.4 Å². The molecule has 0 bridgehead atoms. The standard InChI is InChI=1S/C19H19BrF2N4O3/c1-11(2)19(21,22)10-29-18-15(20)6-13(9-25-18)8-24-17(28)14-4-5-23-16(7-14)26-12(3)27/h4-7,9H,1,8,10H2,2-3H3,(H,24,28)(H,23,26,27). The summed E-state index contributed by atoms with van der Waals surface area (Å²) in [4.78, 5) is 31.3. The Morgan fingerprint density at radius 1 is 1.28 bits per heavy atom. The SMILES string of the molecule is C=C(C)C(F)(F)COc1ncc(CNC(=O)c2ccnc(NC(C)=O)c2)cc1Br. The maximum atomic E-state index is 13.6. The molecular weight excluding hydrogens is 450 g/mol. The van der Waals surface area contributed by atoms with Gasteiger partial charge in [-0.3, -0.25) is 9.59 Å². The number of alkyl halides is 2. The Balaban J connectivity index is 1.97. The number of ether oxygens (including phenoxy) is 1. The first kappa shape index (κ1) is 22.4. The fraction of sp³-hybridized carbons (Fsp3) is 0.263. The third-order valence-corrected chi connectivity index (χ3v) is 4.23. The van der Waals surface area contributed by atoms with Gasteiger partial charge in [-0.2, -0.15) is 8.78 Å². The van der Waals surface area contributed by atoms with E-state index in [1.54, 1.807) is 6.07 Å². The number of carbonyl (C=O) groups is 2. The molecule has 2 amide bonds. The van der Waals surface area contributed by atoms with E-state index in [4.69, 9.17) is 4.74 Å². The van der Waals surface area contributed by atoms with E-state index >= 15 is 0 Å². The van der Waals surface area contributed by atoms with Crippen LogP contribution in [0.3, 0.4) is 0 Å². The lowest BCUT2D eigenvalue weighted by atomic mass is 10.2. The molecule has 0 atom stereocenters. The van der Waals surface area contributed by atoms with Gasteiger partial charge >= 0.3 is 5.92 Å². The Morgan fingerprint density at radius 2 is 2.00 bits per heavy atom. The van der Waals surface area contributed by atoms with Crippen LogP contribution in [-0.4, -0.2) is 34.3 Å². The summed E-state index contributed by atoms with van der Waals surface area (Å²) in [5.74, 6) is -3.56. The molecule has 154 valence electrons. The van der Waals surface area contributed by atoms with Gasteiger partial charge in [0.1, 0.15) is 5.82 Å². The van der Waals surface area contributed by atoms with Gasteiger partial charge in [-0.25, -0.2) is 9.97 Å². The number of aromatic nitrogens is 2. The van der Waals surface area contributed by atoms with Crippen molar-refractivity contribution in [1.82, 2.24) is 15.3 Å². The van der Waals surface area contributed by atoms with Crippen LogP contribution in [0.4, 0.5) is 14.6 Å². The van der Waals surface area contributed by atoms with Crippen LogP contribution in [0.2, 0.25) is 0 Å². The zero-order valence-electron chi connectivity index (χ0n) is 15.8. The highest BCUT2D eigenvalue weighted by Gasteiger charge is 2.31. The molecule has 0 aliphatic heterocycles. The highest BCUT2D eigenvalue weighted by Crippen LogP contribution is 2.27. The molecule has 0 spiro atoms. The van der Waals surface area contributed by atoms with E-state index < -0.39 is 12.5 Å². The third kappa shape index (κ3) is 6.60. The lowest BCUT2D eigenvalue weighted by molar-refractivity contribution is -0.114. The molecule has 10 heteroatoms. The van der Waals surface area contributed by atoms with Gasteiger partial charge in [0.05, 0.1) is 4.47 Å². The minimum absolute atomic E-state index is 0.00934. The lowest BCUT2D eigenvalue weighted by Crippen LogP contribution is -2.27. The number of halogens is 3. The van der Waals surface area contributed by atoms with Gasteiger partial charge < -0.3 is 15.4 Å². The normalized spacial score (nSPS) is 10.9. The first-order valence-corrected chi connectivity index (χ1v) is 9.20. The molecule has 0 aliphatic rings. The molecule has 2 rings (SSSR count). The predicted octanol–water partition coefficient (Wildman–Crippen LogP) is 3.72. The fourth-order valence-corrected chi connectivity index (χ4v) is 2.57. The lowest BCUT2D eigenvalue weighted by Gasteiger charge is -2.17. The van der Waals surface area contributed by atoms with E-state index in [9.17, 15) is 18.4 Å². The van der Waals surface area contributed by atoms with Crippen molar-refractivity contribution < 1.29 is 23.1 Å². The summed E-state index contributed by atoms with van der Waals surface area (Å²) < 4.78 is 32.6. The highest BCUT2D eigenvalue weighted by molar-refractivity contribution is 9.10. The fourth-order valence-electron chi connectivity index (χ4n) is 2.05. The van der Waals surface area contributed by atoms with Crippen molar-refractivity contribution in [3.8, 4) is 5.88 Å². The number of pyridine rings is 2. The van der Waals surface area contributed by atoms with E-state index in [1.165, 1.54) is 38.4 Å². The molecule has 0 saturated carbocycles. The van der Waals surface area contributed by atoms with E-state index in [2.05, 4.69) is 43.1 Å². The number of amides is 2. The smallest absolute Gasteiger partial charge is 0.302 e. The summed E-state index contributed by atoms with van der Waals surface area (Å²) in [6.07, 6.45) is 2.82. The monoisotopic (exact) mass is 468 g/mol. The Hall–Kier alpha value is -2.88. The van der Waals surface area contributed by atoms with Crippen LogP contribution in [-0.2, 0) is 11.3 Å². The zero-order chi connectivity index (χ0) is 21.6. The average Bonchev–Trinajstić information content (AvgIpc) is 2.65. The molecule has 2 aromatic rings. The Bertz CT molecular complexity index is 937. The maximum Gasteiger partial charge on any atom is 0.302 e. The van der Waals surface area contributed by atoms with Crippen molar-refractivity contribution in [1.29, 1.82) is 0 Å². The van der Waals surface area contributed by atoms with Gasteiger partial charge in [-0.05, 0) is 52.2 Å². The molecule has 2 aromatic heterocycles. The zero-order valence-corrected chi connectivity index (χ0v) is 17.3. The molecule has 0 aromatic carbocycles. The average molecular weight is 469 g/mol. The van der Waals surface area contributed by atoms with Crippen LogP contribution < -0.4 is 15.4 Å². The van der Waals surface area contributed by atoms with Crippen LogP contribution >= 0.6 is 15.9 Å². The van der Waals surface area contributed by atoms with Crippen LogP contribution in [0.25, 0.3) is 0 Å². The van der Waals surface area contributed by atoms with Crippen molar-refractivity contribution in [2.45, 2.75) is 26.3 Å². The van der Waals surface area contributed by atoms with Gasteiger partial charge in [-0.15, -0.1) is 0 Å². The first-order chi connectivity index (χ1) is 13.6. The number of nitrogens with zero attached hydrogens (tertiary/aromatic N) is 2. The maximum absolute atomic E-state index is 13.6. The number of hydrogen-bond donors (Lipinski definition) is 2. The van der Waals surface area contributed by atoms with Crippen molar-refractivity contribution in [2.24, 2.45) is 0 Å². The van der Waals surface area contributed by atoms with Crippen molar-refractivity contribution in [3.05, 3.63) is 58.3 Å². The number of rotatable bonds is 8. The molecular formula is C19H19BrF2N4O3. The van der Waals surface area contributed by atoms with E-state index in [-0.39, 0.29) is 35.6 Å². The van der Waals surface area contributed by atoms with Crippen molar-refractivity contribution in [3.63, 3.8) is 0 Å². The van der Waals surface area contributed by atoms with Crippen molar-refractivity contribution in [2.75, 3.05) is 11.9 Å². The summed E-state index contributed by atoms with van der Waals surface area (Å²) in [5, 5.41) is 5.20. The summed E-state index contributed by atoms with van der Waals surface area (Å²) in [5.41, 5.74) is 0.642. The van der Waals surface area contributed by atoms with E-state index in [0.29, 0.717) is 15.6 Å². The second-order valence-corrected chi connectivity index (χ2v) is 7.05. The number of nitrogens with one attached hydrogen (secondary N) is 2. The van der Waals surface area contributed by atoms with Gasteiger partial charge in [0.15, 0.2) is 6.61 Å². The van der Waals surface area contributed by atoms with E-state index in [0.717, 1.165) is 0 Å². The summed E-state index contributed by atoms with van der Waals surface area (Å²) in [6.45, 7) is 5.07. The third-order valence-electron chi connectivity index (χ3n) is 3.66. The first-order valence-electron chi connectivity index (χ1n) is 8.41. The second kappa shape index (κ2) is 9.55. The Labute approximate surface area is 174 Å². The summed E-state index contributed by atoms with van der Waals surface area (Å²) >= 11 is 3.22. The summed E-state index contributed by atoms with van der Waals surface area (Å²) in [6, 6.07) is 4.56. The molecule has 0 aliphatic carbocycles. The quantitative estimate of drug-likeness (QED) is 0.575. The molecule has 7 nitrogen and oxygen atoms in total. The largest absolute Gasteiger partial charge is 0.470 e. The van der Waals surface area contributed by atoms with Crippen molar-refractivity contribution >= 4 is 33.6 Å². The van der Waals surface area contributed by atoms with Gasteiger partial charge in [-0.1, -0.05) is 6.58 Å². The van der Waals surface area contributed by atoms with Crippen LogP contribution in [0.1, 0.15) is 29.8 Å². The van der Waals surface area contributed by atoms with E-state index in [1.807, 2.05) is 0 Å². The molecule has 2 N–H and O–H groups in total. The van der Waals surface area contributed by atoms with Crippen LogP contribution in [0.15, 0.2) is 47.2 Å². The number of carbonyl (C=O) groups excluding carboxylic acids is 2. The molecule has 0 fully saturated rings. The van der Waals surface area contributed by atoms with Gasteiger partial charge in [0.2, 0.25) is 11.8 Å². The number of hydrogen-bond acceptors (Lipinski definition) is 5. The molecule has 2 heterocycles. The number of anilines is 1. The van der Waals surface area contributed by atoms with Crippen LogP contribution in [0.5, 0.6) is 5.88 Å². The Morgan fingerprint density at radius 3 is 2.62 bits per heavy atom.